The van der Waals surface area contributed by atoms with Crippen molar-refractivity contribution in [3.8, 4) is 0 Å². The lowest BCUT2D eigenvalue weighted by molar-refractivity contribution is -0.120. The average molecular weight is 351 g/mol. The van der Waals surface area contributed by atoms with Gasteiger partial charge in [0.1, 0.15) is 5.76 Å². The van der Waals surface area contributed by atoms with Crippen molar-refractivity contribution in [1.82, 2.24) is 20.9 Å². The smallest absolute Gasteiger partial charge is 0.239 e. The predicted octanol–water partition coefficient (Wildman–Crippen LogP) is 1.57. The second kappa shape index (κ2) is 12.4. The first-order chi connectivity index (χ1) is 12.1. The van der Waals surface area contributed by atoms with Gasteiger partial charge in [0.25, 0.3) is 0 Å². The topological polar surface area (TPSA) is 81.9 Å². The minimum Gasteiger partial charge on any atom is -0.467 e. The first kappa shape index (κ1) is 21.0. The molecule has 0 aliphatic heterocycles. The van der Waals surface area contributed by atoms with Gasteiger partial charge in [-0.05, 0) is 51.5 Å². The highest BCUT2D eigenvalue weighted by Crippen LogP contribution is 2.00. The number of carbonyl (C=O) groups is 1. The maximum atomic E-state index is 11.9. The molecule has 1 aromatic rings. The molecule has 0 saturated heterocycles. The lowest BCUT2D eigenvalue weighted by Gasteiger charge is -2.21. The predicted molar refractivity (Wildman–Crippen MR) is 102 cm³/mol. The van der Waals surface area contributed by atoms with Gasteiger partial charge in [0.15, 0.2) is 5.96 Å². The van der Waals surface area contributed by atoms with Crippen molar-refractivity contribution in [2.75, 3.05) is 33.2 Å². The number of furan rings is 1. The summed E-state index contributed by atoms with van der Waals surface area (Å²) in [5, 5.41) is 9.15. The van der Waals surface area contributed by atoms with Crippen molar-refractivity contribution in [2.45, 2.75) is 46.2 Å². The molecule has 142 valence electrons. The van der Waals surface area contributed by atoms with E-state index in [1.807, 2.05) is 6.07 Å². The minimum atomic E-state index is -0.103. The number of nitrogens with one attached hydrogen (secondary N) is 3. The van der Waals surface area contributed by atoms with E-state index in [2.05, 4.69) is 46.6 Å². The number of hydrogen-bond donors (Lipinski definition) is 3. The van der Waals surface area contributed by atoms with Gasteiger partial charge in [-0.3, -0.25) is 9.79 Å². The van der Waals surface area contributed by atoms with Crippen LogP contribution in [0.1, 0.15) is 39.4 Å². The zero-order valence-corrected chi connectivity index (χ0v) is 16.0. The van der Waals surface area contributed by atoms with Gasteiger partial charge in [-0.1, -0.05) is 13.8 Å². The maximum absolute atomic E-state index is 11.9. The van der Waals surface area contributed by atoms with E-state index in [9.17, 15) is 4.79 Å². The number of rotatable bonds is 11. The first-order valence-electron chi connectivity index (χ1n) is 9.07. The summed E-state index contributed by atoms with van der Waals surface area (Å²) in [5.74, 6) is 1.27. The Labute approximate surface area is 151 Å². The second-order valence-electron chi connectivity index (χ2n) is 6.00. The Balaban J connectivity index is 2.21. The Morgan fingerprint density at radius 1 is 1.32 bits per heavy atom. The summed E-state index contributed by atoms with van der Waals surface area (Å²) in [4.78, 5) is 18.4. The molecule has 1 atom stereocenters. The van der Waals surface area contributed by atoms with Crippen LogP contribution < -0.4 is 16.0 Å². The van der Waals surface area contributed by atoms with Crippen LogP contribution in [0.2, 0.25) is 0 Å². The van der Waals surface area contributed by atoms with E-state index >= 15 is 0 Å². The molecule has 1 rings (SSSR count). The Kier molecular flexibility index (Phi) is 10.4. The summed E-state index contributed by atoms with van der Waals surface area (Å²) in [7, 11) is 1.71. The highest BCUT2D eigenvalue weighted by Gasteiger charge is 2.08. The van der Waals surface area contributed by atoms with Crippen LogP contribution in [-0.4, -0.2) is 56.0 Å². The molecule has 7 nitrogen and oxygen atoms in total. The maximum Gasteiger partial charge on any atom is 0.239 e. The molecular formula is C18H33N5O2. The molecule has 0 radical (unpaired) electrons. The third kappa shape index (κ3) is 9.14. The number of guanidine groups is 1. The summed E-state index contributed by atoms with van der Waals surface area (Å²) >= 11 is 0. The van der Waals surface area contributed by atoms with E-state index in [-0.39, 0.29) is 12.5 Å². The number of nitrogens with zero attached hydrogens (tertiary/aromatic N) is 2. The molecule has 0 aromatic carbocycles. The van der Waals surface area contributed by atoms with Crippen molar-refractivity contribution in [1.29, 1.82) is 0 Å². The third-order valence-electron chi connectivity index (χ3n) is 4.07. The molecule has 0 spiro atoms. The van der Waals surface area contributed by atoms with Gasteiger partial charge in [-0.15, -0.1) is 0 Å². The van der Waals surface area contributed by atoms with E-state index < -0.39 is 0 Å². The van der Waals surface area contributed by atoms with Crippen molar-refractivity contribution >= 4 is 11.9 Å². The first-order valence-corrected chi connectivity index (χ1v) is 9.07. The zero-order chi connectivity index (χ0) is 18.5. The number of carbonyl (C=O) groups excluding carboxylic acids is 1. The van der Waals surface area contributed by atoms with Gasteiger partial charge in [-0.25, -0.2) is 0 Å². The molecule has 0 aliphatic carbocycles. The molecule has 3 N–H and O–H groups in total. The summed E-state index contributed by atoms with van der Waals surface area (Å²) in [6.45, 7) is 10.4. The Morgan fingerprint density at radius 3 is 2.68 bits per heavy atom. The fourth-order valence-corrected chi connectivity index (χ4v) is 2.49. The Hall–Kier alpha value is -2.02. The van der Waals surface area contributed by atoms with Crippen LogP contribution in [-0.2, 0) is 11.3 Å². The van der Waals surface area contributed by atoms with Crippen LogP contribution in [0.4, 0.5) is 0 Å². The summed E-state index contributed by atoms with van der Waals surface area (Å²) < 4.78 is 5.18. The van der Waals surface area contributed by atoms with Crippen LogP contribution in [0, 0.1) is 0 Å². The van der Waals surface area contributed by atoms with Gasteiger partial charge >= 0.3 is 0 Å². The normalized spacial score (nSPS) is 12.9. The van der Waals surface area contributed by atoms with Crippen LogP contribution >= 0.6 is 0 Å². The van der Waals surface area contributed by atoms with E-state index in [0.29, 0.717) is 18.5 Å². The standard InChI is InChI=1S/C18H33N5O2/c1-5-23(6-2)11-7-9-15(3)22-18(19-4)21-14-17(24)20-13-16-10-8-12-25-16/h8,10,12,15H,5-7,9,11,13-14H2,1-4H3,(H,20,24)(H2,19,21,22). The molecular weight excluding hydrogens is 318 g/mol. The van der Waals surface area contributed by atoms with Crippen molar-refractivity contribution in [3.63, 3.8) is 0 Å². The SMILES string of the molecule is CCN(CC)CCCC(C)NC(=NC)NCC(=O)NCc1ccco1. The quantitative estimate of drug-likeness (QED) is 0.416. The molecule has 7 heteroatoms. The van der Waals surface area contributed by atoms with Crippen molar-refractivity contribution < 1.29 is 9.21 Å². The lowest BCUT2D eigenvalue weighted by Crippen LogP contribution is -2.46. The Morgan fingerprint density at radius 2 is 2.08 bits per heavy atom. The van der Waals surface area contributed by atoms with Crippen LogP contribution in [0.3, 0.4) is 0 Å². The summed E-state index contributed by atoms with van der Waals surface area (Å²) in [6, 6.07) is 3.93. The number of amides is 1. The molecule has 0 aliphatic rings. The van der Waals surface area contributed by atoms with E-state index in [4.69, 9.17) is 4.42 Å². The number of hydrogen-bond acceptors (Lipinski definition) is 4. The van der Waals surface area contributed by atoms with Crippen LogP contribution in [0.15, 0.2) is 27.8 Å². The molecule has 1 heterocycles. The average Bonchev–Trinajstić information content (AvgIpc) is 3.14. The molecule has 0 bridgehead atoms. The highest BCUT2D eigenvalue weighted by atomic mass is 16.3. The van der Waals surface area contributed by atoms with Gasteiger partial charge in [0.05, 0.1) is 19.4 Å². The second-order valence-corrected chi connectivity index (χ2v) is 6.00. The molecule has 1 aromatic heterocycles. The van der Waals surface area contributed by atoms with E-state index in [1.54, 1.807) is 19.4 Å². The van der Waals surface area contributed by atoms with E-state index in [0.717, 1.165) is 38.2 Å². The minimum absolute atomic E-state index is 0.103. The summed E-state index contributed by atoms with van der Waals surface area (Å²) in [6.07, 6.45) is 3.78. The lowest BCUT2D eigenvalue weighted by atomic mass is 10.2. The van der Waals surface area contributed by atoms with Gasteiger partial charge in [0, 0.05) is 13.1 Å². The van der Waals surface area contributed by atoms with Gasteiger partial charge < -0.3 is 25.3 Å². The third-order valence-corrected chi connectivity index (χ3v) is 4.07. The fraction of sp³-hybridized carbons (Fsp3) is 0.667. The molecule has 1 unspecified atom stereocenters. The molecule has 0 fully saturated rings. The van der Waals surface area contributed by atoms with Crippen LogP contribution in [0.25, 0.3) is 0 Å². The highest BCUT2D eigenvalue weighted by molar-refractivity contribution is 5.86. The van der Waals surface area contributed by atoms with Crippen molar-refractivity contribution in [2.24, 2.45) is 4.99 Å². The summed E-state index contributed by atoms with van der Waals surface area (Å²) in [5.41, 5.74) is 0. The number of aliphatic imine (C=N–C) groups is 1. The molecule has 0 saturated carbocycles. The Bertz CT molecular complexity index is 498. The molecule has 1 amide bonds. The fourth-order valence-electron chi connectivity index (χ4n) is 2.49. The van der Waals surface area contributed by atoms with E-state index in [1.165, 1.54) is 0 Å². The zero-order valence-electron chi connectivity index (χ0n) is 16.0. The van der Waals surface area contributed by atoms with Crippen molar-refractivity contribution in [3.05, 3.63) is 24.2 Å². The monoisotopic (exact) mass is 351 g/mol. The van der Waals surface area contributed by atoms with Crippen LogP contribution in [0.5, 0.6) is 0 Å². The van der Waals surface area contributed by atoms with Gasteiger partial charge in [0.2, 0.25) is 5.91 Å². The largest absolute Gasteiger partial charge is 0.467 e. The molecule has 25 heavy (non-hydrogen) atoms. The van der Waals surface area contributed by atoms with Gasteiger partial charge in [-0.2, -0.15) is 0 Å².